The Bertz CT molecular complexity index is 551. The quantitative estimate of drug-likeness (QED) is 0.665. The number of esters is 1. The Balaban J connectivity index is 1.88. The van der Waals surface area contributed by atoms with Gasteiger partial charge in [0.05, 0.1) is 13.2 Å². The topological polar surface area (TPSA) is 42.0 Å². The minimum absolute atomic E-state index is 0.124. The molecule has 1 aliphatic heterocycles. The molecule has 0 bridgehead atoms. The van der Waals surface area contributed by atoms with E-state index in [2.05, 4.69) is 43.0 Å². The fourth-order valence-corrected chi connectivity index (χ4v) is 3.28. The maximum atomic E-state index is 12.5. The first-order valence-corrected chi connectivity index (χ1v) is 9.65. The Morgan fingerprint density at radius 3 is 2.31 bits per heavy atom. The standard InChI is InChI=1S/C21H34N2O3/c1-16(2)14-20(22(4)5)21(24)26-17(3)15-18-6-8-19(9-7-18)23-10-12-25-13-11-23/h6-9,16-17,20H,10-15H2,1-5H3/t17?,20-/m1/s1. The Kier molecular flexibility index (Phi) is 7.91. The summed E-state index contributed by atoms with van der Waals surface area (Å²) in [5, 5.41) is 0. The highest BCUT2D eigenvalue weighted by molar-refractivity contribution is 5.75. The van der Waals surface area contributed by atoms with Crippen molar-refractivity contribution in [3.8, 4) is 0 Å². The second kappa shape index (κ2) is 9.93. The maximum absolute atomic E-state index is 12.5. The van der Waals surface area contributed by atoms with Crippen molar-refractivity contribution in [2.75, 3.05) is 45.3 Å². The van der Waals surface area contributed by atoms with E-state index >= 15 is 0 Å². The van der Waals surface area contributed by atoms with Crippen molar-refractivity contribution in [1.29, 1.82) is 0 Å². The Morgan fingerprint density at radius 1 is 1.15 bits per heavy atom. The number of hydrogen-bond acceptors (Lipinski definition) is 5. The summed E-state index contributed by atoms with van der Waals surface area (Å²) in [4.78, 5) is 16.8. The number of carbonyl (C=O) groups excluding carboxylic acids is 1. The summed E-state index contributed by atoms with van der Waals surface area (Å²) in [7, 11) is 3.87. The van der Waals surface area contributed by atoms with Crippen LogP contribution < -0.4 is 4.90 Å². The zero-order valence-electron chi connectivity index (χ0n) is 16.9. The largest absolute Gasteiger partial charge is 0.461 e. The van der Waals surface area contributed by atoms with E-state index in [0.29, 0.717) is 5.92 Å². The molecule has 0 radical (unpaired) electrons. The lowest BCUT2D eigenvalue weighted by atomic mass is 10.0. The van der Waals surface area contributed by atoms with Gasteiger partial charge in [-0.25, -0.2) is 0 Å². The number of ether oxygens (including phenoxy) is 2. The second-order valence-corrected chi connectivity index (χ2v) is 7.83. The van der Waals surface area contributed by atoms with Gasteiger partial charge in [0.25, 0.3) is 0 Å². The monoisotopic (exact) mass is 362 g/mol. The van der Waals surface area contributed by atoms with Gasteiger partial charge in [0.2, 0.25) is 0 Å². The molecule has 0 spiro atoms. The van der Waals surface area contributed by atoms with Gasteiger partial charge in [0.15, 0.2) is 0 Å². The van der Waals surface area contributed by atoms with Crippen molar-refractivity contribution < 1.29 is 14.3 Å². The number of benzene rings is 1. The second-order valence-electron chi connectivity index (χ2n) is 7.83. The van der Waals surface area contributed by atoms with Crippen LogP contribution in [-0.2, 0) is 20.7 Å². The Labute approximate surface area is 158 Å². The molecule has 1 unspecified atom stereocenters. The summed E-state index contributed by atoms with van der Waals surface area (Å²) >= 11 is 0. The SMILES string of the molecule is CC(C)C[C@H](C(=O)OC(C)Cc1ccc(N2CCOCC2)cc1)N(C)C. The summed E-state index contributed by atoms with van der Waals surface area (Å²) < 4.78 is 11.1. The summed E-state index contributed by atoms with van der Waals surface area (Å²) in [5.74, 6) is 0.333. The summed E-state index contributed by atoms with van der Waals surface area (Å²) in [6.07, 6.45) is 1.41. The Morgan fingerprint density at radius 2 is 1.77 bits per heavy atom. The van der Waals surface area contributed by atoms with Crippen LogP contribution in [0.3, 0.4) is 0 Å². The maximum Gasteiger partial charge on any atom is 0.323 e. The van der Waals surface area contributed by atoms with Crippen LogP contribution in [0, 0.1) is 5.92 Å². The summed E-state index contributed by atoms with van der Waals surface area (Å²) in [5.41, 5.74) is 2.42. The molecule has 1 heterocycles. The van der Waals surface area contributed by atoms with Crippen molar-refractivity contribution in [3.63, 3.8) is 0 Å². The number of hydrogen-bond donors (Lipinski definition) is 0. The molecule has 2 rings (SSSR count). The predicted molar refractivity (Wildman–Crippen MR) is 106 cm³/mol. The number of nitrogens with zero attached hydrogens (tertiary/aromatic N) is 2. The lowest BCUT2D eigenvalue weighted by molar-refractivity contribution is -0.154. The average Bonchev–Trinajstić information content (AvgIpc) is 2.60. The Hall–Kier alpha value is -1.59. The van der Waals surface area contributed by atoms with Crippen molar-refractivity contribution >= 4 is 11.7 Å². The third-order valence-corrected chi connectivity index (χ3v) is 4.74. The van der Waals surface area contributed by atoms with Crippen LogP contribution in [-0.4, -0.2) is 63.4 Å². The lowest BCUT2D eigenvalue weighted by Crippen LogP contribution is -2.39. The molecule has 2 atom stereocenters. The number of likely N-dealkylation sites (N-methyl/N-ethyl adjacent to an activating group) is 1. The molecular formula is C21H34N2O3. The van der Waals surface area contributed by atoms with E-state index in [-0.39, 0.29) is 18.1 Å². The van der Waals surface area contributed by atoms with Crippen LogP contribution in [0.25, 0.3) is 0 Å². The van der Waals surface area contributed by atoms with Gasteiger partial charge in [-0.05, 0) is 51.1 Å². The van der Waals surface area contributed by atoms with Gasteiger partial charge < -0.3 is 14.4 Å². The smallest absolute Gasteiger partial charge is 0.323 e. The normalized spacial score (nSPS) is 17.4. The summed E-state index contributed by atoms with van der Waals surface area (Å²) in [6.45, 7) is 9.68. The number of morpholine rings is 1. The third kappa shape index (κ3) is 6.29. The van der Waals surface area contributed by atoms with Gasteiger partial charge >= 0.3 is 5.97 Å². The van der Waals surface area contributed by atoms with Crippen molar-refractivity contribution in [3.05, 3.63) is 29.8 Å². The first-order chi connectivity index (χ1) is 12.4. The van der Waals surface area contributed by atoms with E-state index in [1.54, 1.807) is 0 Å². The fraction of sp³-hybridized carbons (Fsp3) is 0.667. The molecule has 1 saturated heterocycles. The van der Waals surface area contributed by atoms with E-state index < -0.39 is 0 Å². The van der Waals surface area contributed by atoms with E-state index in [4.69, 9.17) is 9.47 Å². The minimum Gasteiger partial charge on any atom is -0.461 e. The molecule has 0 N–H and O–H groups in total. The van der Waals surface area contributed by atoms with Crippen molar-refractivity contribution in [2.24, 2.45) is 5.92 Å². The van der Waals surface area contributed by atoms with Crippen LogP contribution in [0.15, 0.2) is 24.3 Å². The lowest BCUT2D eigenvalue weighted by Gasteiger charge is -2.29. The van der Waals surface area contributed by atoms with Gasteiger partial charge in [-0.1, -0.05) is 26.0 Å². The molecule has 0 amide bonds. The van der Waals surface area contributed by atoms with Crippen LogP contribution in [0.5, 0.6) is 0 Å². The minimum atomic E-state index is -0.179. The van der Waals surface area contributed by atoms with E-state index in [1.807, 2.05) is 25.9 Å². The average molecular weight is 363 g/mol. The molecule has 5 nitrogen and oxygen atoms in total. The highest BCUT2D eigenvalue weighted by Gasteiger charge is 2.25. The van der Waals surface area contributed by atoms with Gasteiger partial charge in [-0.2, -0.15) is 0 Å². The van der Waals surface area contributed by atoms with Gasteiger partial charge in [-0.15, -0.1) is 0 Å². The van der Waals surface area contributed by atoms with E-state index in [1.165, 1.54) is 11.3 Å². The predicted octanol–water partition coefficient (Wildman–Crippen LogP) is 2.97. The molecule has 26 heavy (non-hydrogen) atoms. The highest BCUT2D eigenvalue weighted by atomic mass is 16.5. The molecule has 1 fully saturated rings. The van der Waals surface area contributed by atoms with Crippen LogP contribution in [0.1, 0.15) is 32.8 Å². The van der Waals surface area contributed by atoms with Crippen molar-refractivity contribution in [2.45, 2.75) is 45.8 Å². The molecule has 1 aromatic carbocycles. The number of rotatable bonds is 8. The van der Waals surface area contributed by atoms with Crippen LogP contribution in [0.2, 0.25) is 0 Å². The fourth-order valence-electron chi connectivity index (χ4n) is 3.28. The molecule has 0 aromatic heterocycles. The molecule has 1 aromatic rings. The molecule has 146 valence electrons. The molecule has 1 aliphatic rings. The molecular weight excluding hydrogens is 328 g/mol. The number of anilines is 1. The summed E-state index contributed by atoms with van der Waals surface area (Å²) in [6, 6.07) is 8.38. The zero-order valence-corrected chi connectivity index (χ0v) is 16.9. The molecule has 5 heteroatoms. The third-order valence-electron chi connectivity index (χ3n) is 4.74. The van der Waals surface area contributed by atoms with E-state index in [9.17, 15) is 4.79 Å². The van der Waals surface area contributed by atoms with Crippen LogP contribution in [0.4, 0.5) is 5.69 Å². The van der Waals surface area contributed by atoms with Gasteiger partial charge in [0, 0.05) is 25.2 Å². The van der Waals surface area contributed by atoms with Crippen LogP contribution >= 0.6 is 0 Å². The highest BCUT2D eigenvalue weighted by Crippen LogP contribution is 2.18. The van der Waals surface area contributed by atoms with Gasteiger partial charge in [-0.3, -0.25) is 9.69 Å². The van der Waals surface area contributed by atoms with Crippen molar-refractivity contribution in [1.82, 2.24) is 4.90 Å². The van der Waals surface area contributed by atoms with E-state index in [0.717, 1.165) is 39.1 Å². The molecule has 0 aliphatic carbocycles. The first kappa shape index (κ1) is 20.7. The molecule has 0 saturated carbocycles. The number of carbonyl (C=O) groups is 1. The first-order valence-electron chi connectivity index (χ1n) is 9.65. The zero-order chi connectivity index (χ0) is 19.1. The van der Waals surface area contributed by atoms with Gasteiger partial charge in [0.1, 0.15) is 12.1 Å².